The second kappa shape index (κ2) is 6.26. The molecule has 0 heterocycles. The predicted octanol–water partition coefficient (Wildman–Crippen LogP) is 2.39. The molecular formula is C15H24N2O2. The van der Waals surface area contributed by atoms with Gasteiger partial charge in [-0.05, 0) is 37.8 Å². The summed E-state index contributed by atoms with van der Waals surface area (Å²) in [5, 5.41) is 3.60. The first kappa shape index (κ1) is 14.2. The third-order valence-corrected chi connectivity index (χ3v) is 4.12. The zero-order valence-electron chi connectivity index (χ0n) is 11.8. The molecule has 1 aliphatic rings. The lowest BCUT2D eigenvalue weighted by Crippen LogP contribution is -2.49. The molecule has 1 fully saturated rings. The van der Waals surface area contributed by atoms with Crippen molar-refractivity contribution in [2.75, 3.05) is 26.1 Å². The van der Waals surface area contributed by atoms with Gasteiger partial charge in [-0.25, -0.2) is 0 Å². The Balaban J connectivity index is 2.11. The first-order valence-electron chi connectivity index (χ1n) is 6.87. The van der Waals surface area contributed by atoms with Gasteiger partial charge in [-0.3, -0.25) is 0 Å². The zero-order chi connectivity index (χ0) is 13.7. The van der Waals surface area contributed by atoms with Crippen molar-refractivity contribution in [3.8, 4) is 5.75 Å². The van der Waals surface area contributed by atoms with Crippen LogP contribution in [0.3, 0.4) is 0 Å². The van der Waals surface area contributed by atoms with Crippen LogP contribution in [0, 0.1) is 0 Å². The topological polar surface area (TPSA) is 56.5 Å². The minimum atomic E-state index is -0.0380. The molecule has 1 aromatic carbocycles. The number of methoxy groups -OCH3 is 2. The Kier molecular flexibility index (Phi) is 4.66. The van der Waals surface area contributed by atoms with Gasteiger partial charge in [0.15, 0.2) is 0 Å². The molecule has 0 saturated heterocycles. The fraction of sp³-hybridized carbons (Fsp3) is 0.600. The van der Waals surface area contributed by atoms with E-state index in [2.05, 4.69) is 5.32 Å². The number of hydrogen-bond donors (Lipinski definition) is 2. The van der Waals surface area contributed by atoms with E-state index in [9.17, 15) is 0 Å². The van der Waals surface area contributed by atoms with Crippen molar-refractivity contribution in [2.24, 2.45) is 5.73 Å². The molecule has 0 spiro atoms. The van der Waals surface area contributed by atoms with Crippen molar-refractivity contribution in [3.63, 3.8) is 0 Å². The highest BCUT2D eigenvalue weighted by atomic mass is 16.5. The Morgan fingerprint density at radius 3 is 2.53 bits per heavy atom. The zero-order valence-corrected chi connectivity index (χ0v) is 11.8. The lowest BCUT2D eigenvalue weighted by molar-refractivity contribution is 0.0549. The summed E-state index contributed by atoms with van der Waals surface area (Å²) < 4.78 is 10.8. The van der Waals surface area contributed by atoms with E-state index >= 15 is 0 Å². The largest absolute Gasteiger partial charge is 0.495 e. The standard InChI is InChI=1S/C15H24N2O2/c1-18-12-7-9-15(11-16,10-8-12)17-13-5-3-4-6-14(13)19-2/h3-6,12,17H,7-11,16H2,1-2H3. The van der Waals surface area contributed by atoms with Gasteiger partial charge in [0.2, 0.25) is 0 Å². The highest BCUT2D eigenvalue weighted by Crippen LogP contribution is 2.35. The number of nitrogens with one attached hydrogen (secondary N) is 1. The van der Waals surface area contributed by atoms with Gasteiger partial charge in [0, 0.05) is 19.2 Å². The molecule has 4 nitrogen and oxygen atoms in total. The van der Waals surface area contributed by atoms with Crippen LogP contribution in [0.5, 0.6) is 5.75 Å². The predicted molar refractivity (Wildman–Crippen MR) is 77.7 cm³/mol. The lowest BCUT2D eigenvalue weighted by atomic mass is 9.80. The van der Waals surface area contributed by atoms with Crippen LogP contribution >= 0.6 is 0 Å². The first-order chi connectivity index (χ1) is 9.23. The van der Waals surface area contributed by atoms with Crippen molar-refractivity contribution in [2.45, 2.75) is 37.3 Å². The fourth-order valence-corrected chi connectivity index (χ4v) is 2.79. The summed E-state index contributed by atoms with van der Waals surface area (Å²) in [5.41, 5.74) is 7.00. The molecule has 1 aromatic rings. The van der Waals surface area contributed by atoms with Crippen molar-refractivity contribution in [3.05, 3.63) is 24.3 Å². The van der Waals surface area contributed by atoms with Crippen molar-refractivity contribution >= 4 is 5.69 Å². The highest BCUT2D eigenvalue weighted by Gasteiger charge is 2.34. The van der Waals surface area contributed by atoms with E-state index < -0.39 is 0 Å². The van der Waals surface area contributed by atoms with Gasteiger partial charge >= 0.3 is 0 Å². The van der Waals surface area contributed by atoms with Crippen LogP contribution < -0.4 is 15.8 Å². The molecule has 2 rings (SSSR count). The minimum Gasteiger partial charge on any atom is -0.495 e. The van der Waals surface area contributed by atoms with Gasteiger partial charge in [0.05, 0.1) is 18.9 Å². The molecule has 0 unspecified atom stereocenters. The molecule has 1 aliphatic carbocycles. The van der Waals surface area contributed by atoms with Crippen LogP contribution in [0.1, 0.15) is 25.7 Å². The number of benzene rings is 1. The average Bonchev–Trinajstić information content (AvgIpc) is 2.48. The van der Waals surface area contributed by atoms with Crippen molar-refractivity contribution in [1.29, 1.82) is 0 Å². The SMILES string of the molecule is COc1ccccc1NC1(CN)CCC(OC)CC1. The first-order valence-corrected chi connectivity index (χ1v) is 6.87. The maximum absolute atomic E-state index is 6.02. The Bertz CT molecular complexity index is 401. The Hall–Kier alpha value is -1.26. The summed E-state index contributed by atoms with van der Waals surface area (Å²) in [7, 11) is 3.48. The molecule has 0 radical (unpaired) electrons. The van der Waals surface area contributed by atoms with Crippen LogP contribution in [0.15, 0.2) is 24.3 Å². The summed E-state index contributed by atoms with van der Waals surface area (Å²) in [6.07, 6.45) is 4.53. The summed E-state index contributed by atoms with van der Waals surface area (Å²) >= 11 is 0. The summed E-state index contributed by atoms with van der Waals surface area (Å²) in [6.45, 7) is 0.626. The monoisotopic (exact) mass is 264 g/mol. The van der Waals surface area contributed by atoms with E-state index in [4.69, 9.17) is 15.2 Å². The molecule has 1 saturated carbocycles. The average molecular weight is 264 g/mol. The van der Waals surface area contributed by atoms with E-state index in [1.165, 1.54) is 0 Å². The maximum atomic E-state index is 6.02. The molecule has 3 N–H and O–H groups in total. The Morgan fingerprint density at radius 2 is 1.95 bits per heavy atom. The third-order valence-electron chi connectivity index (χ3n) is 4.12. The molecule has 0 aromatic heterocycles. The number of hydrogen-bond acceptors (Lipinski definition) is 4. The quantitative estimate of drug-likeness (QED) is 0.857. The summed E-state index contributed by atoms with van der Waals surface area (Å²) in [6, 6.07) is 7.99. The number of para-hydroxylation sites is 2. The number of ether oxygens (including phenoxy) is 2. The minimum absolute atomic E-state index is 0.0380. The fourth-order valence-electron chi connectivity index (χ4n) is 2.79. The van der Waals surface area contributed by atoms with Crippen LogP contribution in [-0.2, 0) is 4.74 Å². The molecule has 0 amide bonds. The van der Waals surface area contributed by atoms with Crippen LogP contribution in [0.25, 0.3) is 0 Å². The molecule has 19 heavy (non-hydrogen) atoms. The van der Waals surface area contributed by atoms with Gasteiger partial charge in [-0.2, -0.15) is 0 Å². The van der Waals surface area contributed by atoms with Crippen molar-refractivity contribution in [1.82, 2.24) is 0 Å². The molecular weight excluding hydrogens is 240 g/mol. The number of nitrogens with two attached hydrogens (primary N) is 1. The highest BCUT2D eigenvalue weighted by molar-refractivity contribution is 5.57. The smallest absolute Gasteiger partial charge is 0.141 e. The Labute approximate surface area is 115 Å². The number of rotatable bonds is 5. The van der Waals surface area contributed by atoms with Gasteiger partial charge in [-0.15, -0.1) is 0 Å². The molecule has 4 heteroatoms. The normalized spacial score (nSPS) is 27.0. The molecule has 0 atom stereocenters. The van der Waals surface area contributed by atoms with E-state index in [-0.39, 0.29) is 5.54 Å². The van der Waals surface area contributed by atoms with Crippen molar-refractivity contribution < 1.29 is 9.47 Å². The summed E-state index contributed by atoms with van der Waals surface area (Å²) in [4.78, 5) is 0. The second-order valence-corrected chi connectivity index (χ2v) is 5.24. The van der Waals surface area contributed by atoms with Crippen LogP contribution in [0.4, 0.5) is 5.69 Å². The second-order valence-electron chi connectivity index (χ2n) is 5.24. The maximum Gasteiger partial charge on any atom is 0.141 e. The summed E-state index contributed by atoms with van der Waals surface area (Å²) in [5.74, 6) is 0.865. The van der Waals surface area contributed by atoms with E-state index in [1.54, 1.807) is 14.2 Å². The van der Waals surface area contributed by atoms with E-state index in [1.807, 2.05) is 24.3 Å². The lowest BCUT2D eigenvalue weighted by Gasteiger charge is -2.40. The van der Waals surface area contributed by atoms with Gasteiger partial charge < -0.3 is 20.5 Å². The van der Waals surface area contributed by atoms with Gasteiger partial charge in [0.1, 0.15) is 5.75 Å². The Morgan fingerprint density at radius 1 is 1.26 bits per heavy atom. The van der Waals surface area contributed by atoms with Gasteiger partial charge in [-0.1, -0.05) is 12.1 Å². The van der Waals surface area contributed by atoms with E-state index in [0.29, 0.717) is 12.6 Å². The van der Waals surface area contributed by atoms with E-state index in [0.717, 1.165) is 37.1 Å². The van der Waals surface area contributed by atoms with Crippen LogP contribution in [-0.4, -0.2) is 32.4 Å². The third kappa shape index (κ3) is 3.19. The molecule has 0 aliphatic heterocycles. The van der Waals surface area contributed by atoms with Crippen LogP contribution in [0.2, 0.25) is 0 Å². The molecule has 0 bridgehead atoms. The number of anilines is 1. The molecule has 106 valence electrons. The van der Waals surface area contributed by atoms with Gasteiger partial charge in [0.25, 0.3) is 0 Å².